The number of carbonyl (C=O) groups excluding carboxylic acids is 1. The molecule has 0 bridgehead atoms. The summed E-state index contributed by atoms with van der Waals surface area (Å²) in [5.74, 6) is 1.57. The number of hydrogen-bond acceptors (Lipinski definition) is 2. The Morgan fingerprint density at radius 2 is 1.81 bits per heavy atom. The molecular formula is C23H29NO2. The van der Waals surface area contributed by atoms with E-state index in [2.05, 4.69) is 43.3 Å². The van der Waals surface area contributed by atoms with Crippen molar-refractivity contribution < 1.29 is 9.53 Å². The molecule has 1 aliphatic heterocycles. The van der Waals surface area contributed by atoms with Gasteiger partial charge in [-0.2, -0.15) is 0 Å². The Balaban J connectivity index is 1.51. The smallest absolute Gasteiger partial charge is 0.263 e. The number of likely N-dealkylation sites (tertiary alicyclic amines) is 1. The van der Waals surface area contributed by atoms with Gasteiger partial charge in [-0.25, -0.2) is 0 Å². The summed E-state index contributed by atoms with van der Waals surface area (Å²) in [4.78, 5) is 14.7. The minimum atomic E-state index is -0.443. The van der Waals surface area contributed by atoms with Crippen molar-refractivity contribution in [2.75, 3.05) is 13.1 Å². The lowest BCUT2D eigenvalue weighted by atomic mass is 9.90. The number of hydrogen-bond donors (Lipinski definition) is 0. The number of nitrogens with zero attached hydrogens (tertiary/aromatic N) is 1. The van der Waals surface area contributed by atoms with E-state index in [-0.39, 0.29) is 5.91 Å². The predicted molar refractivity (Wildman–Crippen MR) is 105 cm³/mol. The normalized spacial score (nSPS) is 16.3. The Hall–Kier alpha value is -2.29. The molecule has 0 saturated carbocycles. The zero-order chi connectivity index (χ0) is 18.5. The van der Waals surface area contributed by atoms with Crippen molar-refractivity contribution in [1.29, 1.82) is 0 Å². The third-order valence-electron chi connectivity index (χ3n) is 5.28. The van der Waals surface area contributed by atoms with Crippen LogP contribution >= 0.6 is 0 Å². The quantitative estimate of drug-likeness (QED) is 0.791. The first-order valence-corrected chi connectivity index (χ1v) is 9.59. The standard InChI is InChI=1S/C23H29NO2/c1-17-9-10-22(18(2)15-17)26-19(3)23(25)24-13-11-21(12-14-24)16-20-7-5-4-6-8-20/h4-10,15,19,21H,11-14,16H2,1-3H3/t19-/m1/s1. The number of amides is 1. The fraction of sp³-hybridized carbons (Fsp3) is 0.435. The van der Waals surface area contributed by atoms with Crippen molar-refractivity contribution in [3.63, 3.8) is 0 Å². The average molecular weight is 351 g/mol. The van der Waals surface area contributed by atoms with Gasteiger partial charge in [0, 0.05) is 13.1 Å². The molecule has 1 amide bonds. The van der Waals surface area contributed by atoms with Gasteiger partial charge in [0.05, 0.1) is 0 Å². The van der Waals surface area contributed by atoms with Gasteiger partial charge in [-0.1, -0.05) is 48.0 Å². The fourth-order valence-electron chi connectivity index (χ4n) is 3.73. The van der Waals surface area contributed by atoms with Gasteiger partial charge in [0.1, 0.15) is 5.75 Å². The van der Waals surface area contributed by atoms with Crippen LogP contribution in [-0.2, 0) is 11.2 Å². The van der Waals surface area contributed by atoms with Crippen LogP contribution < -0.4 is 4.74 Å². The second kappa shape index (κ2) is 8.39. The van der Waals surface area contributed by atoms with Crippen molar-refractivity contribution in [2.45, 2.75) is 46.1 Å². The molecule has 1 saturated heterocycles. The molecule has 1 atom stereocenters. The van der Waals surface area contributed by atoms with Gasteiger partial charge >= 0.3 is 0 Å². The summed E-state index contributed by atoms with van der Waals surface area (Å²) in [6.45, 7) is 7.60. The lowest BCUT2D eigenvalue weighted by Gasteiger charge is -2.33. The molecule has 0 radical (unpaired) electrons. The van der Waals surface area contributed by atoms with Crippen molar-refractivity contribution in [3.05, 3.63) is 65.2 Å². The highest BCUT2D eigenvalue weighted by molar-refractivity contribution is 5.81. The molecule has 0 unspecified atom stereocenters. The molecule has 1 fully saturated rings. The van der Waals surface area contributed by atoms with E-state index in [9.17, 15) is 4.79 Å². The number of ether oxygens (including phenoxy) is 1. The van der Waals surface area contributed by atoms with E-state index in [1.165, 1.54) is 11.1 Å². The maximum absolute atomic E-state index is 12.7. The maximum Gasteiger partial charge on any atom is 0.263 e. The summed E-state index contributed by atoms with van der Waals surface area (Å²) >= 11 is 0. The second-order valence-electron chi connectivity index (χ2n) is 7.49. The zero-order valence-corrected chi connectivity index (χ0v) is 16.1. The van der Waals surface area contributed by atoms with Crippen molar-refractivity contribution in [2.24, 2.45) is 5.92 Å². The molecule has 0 aliphatic carbocycles. The number of rotatable bonds is 5. The van der Waals surface area contributed by atoms with Gasteiger partial charge < -0.3 is 9.64 Å². The first kappa shape index (κ1) is 18.5. The van der Waals surface area contributed by atoms with Crippen LogP contribution in [0, 0.1) is 19.8 Å². The monoisotopic (exact) mass is 351 g/mol. The molecule has 26 heavy (non-hydrogen) atoms. The van der Waals surface area contributed by atoms with E-state index in [0.717, 1.165) is 43.7 Å². The average Bonchev–Trinajstić information content (AvgIpc) is 2.65. The minimum absolute atomic E-state index is 0.100. The SMILES string of the molecule is Cc1ccc(O[C@H](C)C(=O)N2CCC(Cc3ccccc3)CC2)c(C)c1. The molecule has 2 aromatic rings. The Labute approximate surface area is 157 Å². The molecule has 2 aromatic carbocycles. The third-order valence-corrected chi connectivity index (χ3v) is 5.28. The summed E-state index contributed by atoms with van der Waals surface area (Å²) < 4.78 is 5.95. The molecule has 3 nitrogen and oxygen atoms in total. The summed E-state index contributed by atoms with van der Waals surface area (Å²) in [5.41, 5.74) is 3.67. The highest BCUT2D eigenvalue weighted by Gasteiger charge is 2.27. The van der Waals surface area contributed by atoms with Crippen LogP contribution in [0.2, 0.25) is 0 Å². The van der Waals surface area contributed by atoms with E-state index >= 15 is 0 Å². The van der Waals surface area contributed by atoms with Gasteiger partial charge in [-0.05, 0) is 63.1 Å². The Morgan fingerprint density at radius 1 is 1.12 bits per heavy atom. The number of benzene rings is 2. The van der Waals surface area contributed by atoms with Crippen molar-refractivity contribution in [3.8, 4) is 5.75 Å². The summed E-state index contributed by atoms with van der Waals surface area (Å²) in [7, 11) is 0. The van der Waals surface area contributed by atoms with Gasteiger partial charge in [0.15, 0.2) is 6.10 Å². The van der Waals surface area contributed by atoms with Crippen LogP contribution in [0.4, 0.5) is 0 Å². The molecule has 0 N–H and O–H groups in total. The van der Waals surface area contributed by atoms with E-state index in [1.807, 2.05) is 30.9 Å². The summed E-state index contributed by atoms with van der Waals surface area (Å²) in [5, 5.41) is 0. The van der Waals surface area contributed by atoms with Crippen LogP contribution in [0.15, 0.2) is 48.5 Å². The van der Waals surface area contributed by atoms with Crippen molar-refractivity contribution in [1.82, 2.24) is 4.90 Å². The lowest BCUT2D eigenvalue weighted by molar-refractivity contribution is -0.139. The molecule has 1 aliphatic rings. The Kier molecular flexibility index (Phi) is 5.97. The number of piperidine rings is 1. The summed E-state index contributed by atoms with van der Waals surface area (Å²) in [6, 6.07) is 16.7. The molecule has 138 valence electrons. The van der Waals surface area contributed by atoms with Crippen LogP contribution in [0.5, 0.6) is 5.75 Å². The van der Waals surface area contributed by atoms with Crippen LogP contribution in [-0.4, -0.2) is 30.0 Å². The first-order chi connectivity index (χ1) is 12.5. The number of carbonyl (C=O) groups is 1. The molecule has 1 heterocycles. The van der Waals surface area contributed by atoms with E-state index in [1.54, 1.807) is 0 Å². The first-order valence-electron chi connectivity index (χ1n) is 9.59. The van der Waals surface area contributed by atoms with E-state index < -0.39 is 6.10 Å². The zero-order valence-electron chi connectivity index (χ0n) is 16.1. The topological polar surface area (TPSA) is 29.5 Å². The number of aryl methyl sites for hydroxylation is 2. The molecular weight excluding hydrogens is 322 g/mol. The van der Waals surface area contributed by atoms with Gasteiger partial charge in [-0.15, -0.1) is 0 Å². The highest BCUT2D eigenvalue weighted by atomic mass is 16.5. The molecule has 0 spiro atoms. The maximum atomic E-state index is 12.7. The largest absolute Gasteiger partial charge is 0.481 e. The predicted octanol–water partition coefficient (Wildman–Crippen LogP) is 4.55. The fourth-order valence-corrected chi connectivity index (χ4v) is 3.73. The third kappa shape index (κ3) is 4.66. The van der Waals surface area contributed by atoms with Crippen LogP contribution in [0.25, 0.3) is 0 Å². The molecule has 0 aromatic heterocycles. The lowest BCUT2D eigenvalue weighted by Crippen LogP contribution is -2.45. The van der Waals surface area contributed by atoms with Crippen molar-refractivity contribution >= 4 is 5.91 Å². The second-order valence-corrected chi connectivity index (χ2v) is 7.49. The molecule has 3 heteroatoms. The van der Waals surface area contributed by atoms with Gasteiger partial charge in [0.25, 0.3) is 5.91 Å². The summed E-state index contributed by atoms with van der Waals surface area (Å²) in [6.07, 6.45) is 2.80. The van der Waals surface area contributed by atoms with E-state index in [0.29, 0.717) is 5.92 Å². The van der Waals surface area contributed by atoms with Gasteiger partial charge in [-0.3, -0.25) is 4.79 Å². The Morgan fingerprint density at radius 3 is 2.46 bits per heavy atom. The Bertz CT molecular complexity index is 733. The van der Waals surface area contributed by atoms with E-state index in [4.69, 9.17) is 4.74 Å². The molecule has 3 rings (SSSR count). The van der Waals surface area contributed by atoms with Crippen LogP contribution in [0.3, 0.4) is 0 Å². The minimum Gasteiger partial charge on any atom is -0.481 e. The van der Waals surface area contributed by atoms with Gasteiger partial charge in [0.2, 0.25) is 0 Å². The highest BCUT2D eigenvalue weighted by Crippen LogP contribution is 2.24. The van der Waals surface area contributed by atoms with Crippen LogP contribution in [0.1, 0.15) is 36.5 Å².